The van der Waals surface area contributed by atoms with E-state index in [0.29, 0.717) is 41.9 Å². The number of ether oxygens (including phenoxy) is 6. The monoisotopic (exact) mass is 802 g/mol. The Kier molecular flexibility index (Phi) is 10.9. The van der Waals surface area contributed by atoms with E-state index >= 15 is 0 Å². The highest BCUT2D eigenvalue weighted by Gasteiger charge is 2.68. The Morgan fingerprint density at radius 2 is 1.64 bits per heavy atom. The fraction of sp³-hybridized carbons (Fsp3) is 0.949. The fourth-order valence-corrected chi connectivity index (χ4v) is 13.2. The maximum Gasteiger partial charge on any atom is 0.397 e. The molecular weight excluding hydrogens is 740 g/mol. The average molecular weight is 803 g/mol. The minimum Gasteiger partial charge on any atom is -0.388 e. The standard InChI is InChI=1S/C39H62O15S/c1-18-8-13-39(49-16-18)19(2)28-26(53-39)15-25-23-7-6-21-14-22(9-11-37(21,4)24(23)10-12-38(25,28)5)51-36-32(43)31(42)30(41)27(52-36)17-48-35-33(44)34(54-55(45,46)47)29(40)20(3)50-35/h6,18-20,22-36,40-44H,7-17H2,1-5H3,(H,45,46,47)/t18-,19+,20+,22+,23-,24+,25+,26+,27-,28+,29+,30-,31+,32-,33-,34-,35-,36-,37+,38+,39-/m1/s1. The van der Waals surface area contributed by atoms with Crippen molar-refractivity contribution in [2.24, 2.45) is 46.3 Å². The van der Waals surface area contributed by atoms with Crippen LogP contribution in [0.4, 0.5) is 0 Å². The molecule has 6 N–H and O–H groups in total. The SMILES string of the molecule is C[C@@H]1CC[C@@]2(OC1)O[C@H]1C[C@H]3[C@@H]4CC=C5C[C@@H](O[C@@H]6O[C@H](CO[C@@H]7O[C@@H](C)[C@H](O)[C@@H](OS(=O)(=O)O)[C@H]7O)[C@@H](O)[C@H](O)[C@H]6O)CC[C@]5(C)[C@H]4CC[C@]3(C)[C@H]1[C@@H]2C. The molecule has 16 heteroatoms. The minimum absolute atomic E-state index is 0.0265. The van der Waals surface area contributed by atoms with E-state index in [-0.39, 0.29) is 23.0 Å². The first kappa shape index (κ1) is 40.9. The highest BCUT2D eigenvalue weighted by molar-refractivity contribution is 7.80. The molecule has 4 heterocycles. The Hall–Kier alpha value is -0.830. The van der Waals surface area contributed by atoms with E-state index in [1.165, 1.54) is 25.3 Å². The molecule has 4 aliphatic carbocycles. The van der Waals surface area contributed by atoms with Gasteiger partial charge in [-0.1, -0.05) is 39.3 Å². The average Bonchev–Trinajstić information content (AvgIpc) is 3.58. The van der Waals surface area contributed by atoms with Crippen molar-refractivity contribution in [3.8, 4) is 0 Å². The van der Waals surface area contributed by atoms with Gasteiger partial charge < -0.3 is 54.0 Å². The number of aliphatic hydroxyl groups is 5. The number of hydrogen-bond acceptors (Lipinski definition) is 14. The lowest BCUT2D eigenvalue weighted by atomic mass is 9.47. The number of aliphatic hydroxyl groups excluding tert-OH is 5. The van der Waals surface area contributed by atoms with Gasteiger partial charge in [0.15, 0.2) is 18.4 Å². The molecule has 0 aromatic carbocycles. The van der Waals surface area contributed by atoms with E-state index in [9.17, 15) is 34.0 Å². The van der Waals surface area contributed by atoms with Gasteiger partial charge in [0.25, 0.3) is 0 Å². The highest BCUT2D eigenvalue weighted by atomic mass is 32.3. The number of fused-ring (bicyclic) bond motifs is 7. The fourth-order valence-electron chi connectivity index (χ4n) is 12.7. The van der Waals surface area contributed by atoms with Crippen LogP contribution in [0.1, 0.15) is 92.4 Å². The second kappa shape index (κ2) is 14.7. The zero-order valence-corrected chi connectivity index (χ0v) is 33.3. The summed E-state index contributed by atoms with van der Waals surface area (Å²) in [5, 5.41) is 53.4. The van der Waals surface area contributed by atoms with Gasteiger partial charge in [-0.3, -0.25) is 4.55 Å². The van der Waals surface area contributed by atoms with Gasteiger partial charge >= 0.3 is 10.4 Å². The van der Waals surface area contributed by atoms with Gasteiger partial charge in [0.1, 0.15) is 42.7 Å². The first-order valence-corrected chi connectivity index (χ1v) is 21.9. The first-order valence-electron chi connectivity index (χ1n) is 20.5. The highest BCUT2D eigenvalue weighted by Crippen LogP contribution is 2.70. The second-order valence-corrected chi connectivity index (χ2v) is 19.9. The lowest BCUT2D eigenvalue weighted by Crippen LogP contribution is -2.62. The summed E-state index contributed by atoms with van der Waals surface area (Å²) >= 11 is 0. The van der Waals surface area contributed by atoms with Gasteiger partial charge in [-0.05, 0) is 98.7 Å². The van der Waals surface area contributed by atoms with Crippen LogP contribution >= 0.6 is 0 Å². The van der Waals surface area contributed by atoms with Crippen LogP contribution < -0.4 is 0 Å². The van der Waals surface area contributed by atoms with Crippen LogP contribution in [0, 0.1) is 46.3 Å². The van der Waals surface area contributed by atoms with Crippen molar-refractivity contribution in [3.05, 3.63) is 11.6 Å². The molecule has 0 radical (unpaired) electrons. The molecule has 7 fully saturated rings. The molecule has 55 heavy (non-hydrogen) atoms. The molecule has 314 valence electrons. The normalized spacial score (nSPS) is 55.3. The van der Waals surface area contributed by atoms with Crippen molar-refractivity contribution in [1.29, 1.82) is 0 Å². The van der Waals surface area contributed by atoms with Crippen molar-refractivity contribution in [3.63, 3.8) is 0 Å². The lowest BCUT2D eigenvalue weighted by molar-refractivity contribution is -0.333. The van der Waals surface area contributed by atoms with Gasteiger partial charge in [0.05, 0.1) is 31.5 Å². The lowest BCUT2D eigenvalue weighted by Gasteiger charge is -2.58. The number of hydrogen-bond donors (Lipinski definition) is 6. The summed E-state index contributed by atoms with van der Waals surface area (Å²) in [4.78, 5) is 0. The second-order valence-electron chi connectivity index (χ2n) is 18.8. The molecule has 0 amide bonds. The molecule has 4 aliphatic heterocycles. The zero-order chi connectivity index (χ0) is 39.4. The molecule has 4 saturated heterocycles. The Labute approximate surface area is 323 Å². The maximum atomic E-state index is 11.3. The quantitative estimate of drug-likeness (QED) is 0.161. The van der Waals surface area contributed by atoms with E-state index in [4.69, 9.17) is 33.0 Å². The van der Waals surface area contributed by atoms with E-state index in [2.05, 4.69) is 38.0 Å². The molecular formula is C39H62O15S. The predicted octanol–water partition coefficient (Wildman–Crippen LogP) is 2.22. The van der Waals surface area contributed by atoms with Crippen molar-refractivity contribution >= 4 is 10.4 Å². The molecule has 15 nitrogen and oxygen atoms in total. The molecule has 8 rings (SSSR count). The van der Waals surface area contributed by atoms with Gasteiger partial charge in [0, 0.05) is 12.3 Å². The number of rotatable bonds is 7. The topological polar surface area (TPSA) is 220 Å². The van der Waals surface area contributed by atoms with Gasteiger partial charge in [-0.15, -0.1) is 0 Å². The Morgan fingerprint density at radius 1 is 0.873 bits per heavy atom. The largest absolute Gasteiger partial charge is 0.397 e. The summed E-state index contributed by atoms with van der Waals surface area (Å²) in [6.07, 6.45) is -3.88. The zero-order valence-electron chi connectivity index (χ0n) is 32.5. The van der Waals surface area contributed by atoms with Crippen LogP contribution in [0.25, 0.3) is 0 Å². The Bertz CT molecular complexity index is 1550. The summed E-state index contributed by atoms with van der Waals surface area (Å²) in [6.45, 7) is 11.3. The van der Waals surface area contributed by atoms with Crippen molar-refractivity contribution < 1.29 is 71.1 Å². The summed E-state index contributed by atoms with van der Waals surface area (Å²) in [5.74, 6) is 2.78. The predicted molar refractivity (Wildman–Crippen MR) is 192 cm³/mol. The van der Waals surface area contributed by atoms with Gasteiger partial charge in [0.2, 0.25) is 0 Å². The molecule has 3 saturated carbocycles. The third-order valence-corrected chi connectivity index (χ3v) is 16.2. The van der Waals surface area contributed by atoms with Gasteiger partial charge in [-0.25, -0.2) is 4.18 Å². The molecule has 21 atom stereocenters. The van der Waals surface area contributed by atoms with Crippen LogP contribution in [0.2, 0.25) is 0 Å². The summed E-state index contributed by atoms with van der Waals surface area (Å²) in [7, 11) is -5.04. The Balaban J connectivity index is 0.901. The van der Waals surface area contributed by atoms with Crippen LogP contribution in [0.15, 0.2) is 11.6 Å². The van der Waals surface area contributed by atoms with E-state index in [0.717, 1.165) is 45.1 Å². The molecule has 0 aromatic heterocycles. The first-order chi connectivity index (χ1) is 25.8. The molecule has 1 spiro atoms. The molecule has 0 unspecified atom stereocenters. The van der Waals surface area contributed by atoms with Crippen molar-refractivity contribution in [1.82, 2.24) is 0 Å². The van der Waals surface area contributed by atoms with Crippen LogP contribution in [0.3, 0.4) is 0 Å². The smallest absolute Gasteiger partial charge is 0.388 e. The molecule has 0 aromatic rings. The van der Waals surface area contributed by atoms with E-state index < -0.39 is 84.2 Å². The van der Waals surface area contributed by atoms with Crippen molar-refractivity contribution in [2.75, 3.05) is 13.2 Å². The minimum atomic E-state index is -5.04. The van der Waals surface area contributed by atoms with E-state index in [1.54, 1.807) is 0 Å². The third-order valence-electron chi connectivity index (χ3n) is 15.8. The summed E-state index contributed by atoms with van der Waals surface area (Å²) in [6, 6.07) is 0. The van der Waals surface area contributed by atoms with Crippen LogP contribution in [-0.4, -0.2) is 131 Å². The van der Waals surface area contributed by atoms with Crippen LogP contribution in [0.5, 0.6) is 0 Å². The van der Waals surface area contributed by atoms with Gasteiger partial charge in [-0.2, -0.15) is 8.42 Å². The summed E-state index contributed by atoms with van der Waals surface area (Å²) in [5.41, 5.74) is 1.62. The third kappa shape index (κ3) is 6.99. The molecule has 8 aliphatic rings. The van der Waals surface area contributed by atoms with Crippen molar-refractivity contribution in [2.45, 2.75) is 172 Å². The Morgan fingerprint density at radius 3 is 2.35 bits per heavy atom. The number of allylic oxidation sites excluding steroid dienone is 1. The molecule has 0 bridgehead atoms. The van der Waals surface area contributed by atoms with Crippen LogP contribution in [-0.2, 0) is 43.0 Å². The summed E-state index contributed by atoms with van der Waals surface area (Å²) < 4.78 is 73.1. The van der Waals surface area contributed by atoms with E-state index in [1.807, 2.05) is 0 Å². The maximum absolute atomic E-state index is 11.3.